The molecule has 136 heavy (non-hydrogen) atoms. The molecule has 0 aliphatic heterocycles. The van der Waals surface area contributed by atoms with Crippen molar-refractivity contribution in [1.82, 2.24) is 166 Å². The molecule has 0 saturated carbocycles. The van der Waals surface area contributed by atoms with E-state index in [9.17, 15) is 0 Å². The summed E-state index contributed by atoms with van der Waals surface area (Å²) in [5, 5.41) is 55.1. The number of H-pyrrole nitrogens is 7. The molecule has 42 heteroatoms. The molecule has 23 heterocycles. The number of thiazole rings is 1. The zero-order valence-corrected chi connectivity index (χ0v) is 77.2. The maximum atomic E-state index is 4.58. The summed E-state index contributed by atoms with van der Waals surface area (Å²) in [5.41, 5.74) is 7.02. The number of hydrogen-bond donors (Lipinski definition) is 7. The Kier molecular flexibility index (Phi) is 64.8. The number of hydrogen-bond acceptors (Lipinski definition) is 35. The third-order valence-electron chi connectivity index (χ3n) is 13.6. The lowest BCUT2D eigenvalue weighted by atomic mass is 10.3. The molecule has 0 aliphatic rings. The summed E-state index contributed by atoms with van der Waals surface area (Å²) in [5.74, 6) is 0. The van der Waals surface area contributed by atoms with Crippen LogP contribution in [-0.2, 0) is 0 Å². The van der Waals surface area contributed by atoms with Crippen LogP contribution in [0.5, 0.6) is 0 Å². The van der Waals surface area contributed by atoms with E-state index < -0.39 is 0 Å². The number of furan rings is 1. The number of fused-ring (bicyclic) bond motifs is 5. The summed E-state index contributed by atoms with van der Waals surface area (Å²) in [6.45, 7) is 0. The SMILES string of the molecule is c1c[nH]cn1.c1cc2sccc2s1.c1cc[nH]c1.c1ccc2[nH]ccc2c1.c1ccc2[nH]cnc2c1.c1ccc2nccnc2c1.c1ccc2sccc2c1.c1ccncc1.c1ccnnc1.c1ccoc1.c1ccsc1.c1cn[nH]c1.c1cn[nH]n1.c1cnccn1.c1cnccn1.c1cncnc1.c1cnoc1.c1cnsc1.c1cocn1.c1cscn1.c1ncncn1.c1nn[nH]n1. The highest BCUT2D eigenvalue weighted by molar-refractivity contribution is 7.25. The molecule has 36 nitrogen and oxygen atoms in total. The second-order valence-corrected chi connectivity index (χ2v) is 28.0. The van der Waals surface area contributed by atoms with Gasteiger partial charge in [-0.2, -0.15) is 47.3 Å². The maximum absolute atomic E-state index is 4.58. The van der Waals surface area contributed by atoms with Gasteiger partial charge in [0.2, 0.25) is 0 Å². The van der Waals surface area contributed by atoms with Gasteiger partial charge in [-0.25, -0.2) is 44.2 Å². The van der Waals surface area contributed by atoms with Crippen molar-refractivity contribution in [2.45, 2.75) is 0 Å². The Labute approximate surface area is 804 Å². The molecule has 27 aromatic rings. The largest absolute Gasteiger partial charge is 0.473 e. The molecule has 7 N–H and O–H groups in total. The zero-order valence-electron chi connectivity index (χ0n) is 72.3. The Hall–Kier alpha value is -18.1. The van der Waals surface area contributed by atoms with Crippen LogP contribution in [-0.4, -0.2) is 166 Å². The first-order chi connectivity index (χ1) is 67.8. The Morgan fingerprint density at radius 2 is 0.875 bits per heavy atom. The van der Waals surface area contributed by atoms with Gasteiger partial charge < -0.3 is 33.3 Å². The number of imidazole rings is 2. The molecule has 0 aliphatic carbocycles. The molecule has 0 fully saturated rings. The van der Waals surface area contributed by atoms with Crippen molar-refractivity contribution in [3.8, 4) is 0 Å². The molecule has 0 amide bonds. The number of pyridine rings is 1. The topological polar surface area (TPSA) is 485 Å². The third kappa shape index (κ3) is 61.4. The Bertz CT molecular complexity index is 5130. The number of aromatic amines is 7. The summed E-state index contributed by atoms with van der Waals surface area (Å²) < 4.78 is 21.3. The molecule has 27 rings (SSSR count). The van der Waals surface area contributed by atoms with E-state index in [-0.39, 0.29) is 0 Å². The molecule has 0 bridgehead atoms. The average molecular weight is 1920 g/mol. The Morgan fingerprint density at radius 3 is 1.21 bits per heavy atom. The first-order valence-electron chi connectivity index (χ1n) is 39.6. The van der Waals surface area contributed by atoms with Crippen molar-refractivity contribution in [2.24, 2.45) is 0 Å². The van der Waals surface area contributed by atoms with E-state index in [2.05, 4.69) is 256 Å². The van der Waals surface area contributed by atoms with Crippen LogP contribution < -0.4 is 0 Å². The number of benzene rings is 4. The van der Waals surface area contributed by atoms with Gasteiger partial charge in [-0.1, -0.05) is 89.2 Å². The molecule has 0 unspecified atom stereocenters. The lowest BCUT2D eigenvalue weighted by Gasteiger charge is -1.90. The van der Waals surface area contributed by atoms with Crippen LogP contribution in [0.15, 0.2) is 524 Å². The Morgan fingerprint density at radius 1 is 0.265 bits per heavy atom. The minimum atomic E-state index is 0.949. The smallest absolute Gasteiger partial charge is 0.180 e. The summed E-state index contributed by atoms with van der Waals surface area (Å²) in [7, 11) is 0. The molecule has 0 atom stereocenters. The van der Waals surface area contributed by atoms with Crippen LogP contribution in [0.4, 0.5) is 0 Å². The van der Waals surface area contributed by atoms with Gasteiger partial charge in [0.25, 0.3) is 0 Å². The first-order valence-corrected chi connectivity index (χ1v) is 45.0. The highest BCUT2D eigenvalue weighted by Crippen LogP contribution is 2.25. The van der Waals surface area contributed by atoms with Crippen molar-refractivity contribution in [3.05, 3.63) is 511 Å². The lowest BCUT2D eigenvalue weighted by molar-refractivity contribution is 0.420. The number of nitrogens with one attached hydrogen (secondary N) is 7. The predicted molar refractivity (Wildman–Crippen MR) is 536 cm³/mol. The minimum absolute atomic E-state index is 0.949. The van der Waals surface area contributed by atoms with Gasteiger partial charge in [-0.05, 0) is 183 Å². The summed E-state index contributed by atoms with van der Waals surface area (Å²) in [6.07, 6.45) is 67.3. The van der Waals surface area contributed by atoms with E-state index in [0.29, 0.717) is 0 Å². The number of para-hydroxylation sites is 5. The summed E-state index contributed by atoms with van der Waals surface area (Å²) in [4.78, 5) is 71.7. The normalized spacial score (nSPS) is 8.74. The fourth-order valence-electron chi connectivity index (χ4n) is 8.08. The van der Waals surface area contributed by atoms with E-state index in [1.807, 2.05) is 180 Å². The van der Waals surface area contributed by atoms with Crippen molar-refractivity contribution >= 4 is 121 Å². The van der Waals surface area contributed by atoms with Gasteiger partial charge in [0, 0.05) is 185 Å². The molecule has 23 aromatic heterocycles. The standard InChI is InChI=1S/C8H6N2.C8H7N.C8H6S.C7H6N2.C6H4S2.C5H5N.4C4H4N2.C4H5N.C4H4O.C4H4S.C3H3N3.2C3H4N2.2C3H3NO.2C3H3NS.C2H3N3.CH2N4/c1-2-4-8-7(3-1)9-5-6-10-8;2*1-2-4-8-7(3-1)5-6-9-8;1-2-4-7-6(3-1)8-5-9-7;1-3-7-6-2-4-8-5(1)6;1-2-4-6-5-3-1;2*1-2-6-4-3-5-1;1-2-5-4-6-3-1;1-2-4-6-5-3-1;3*1-2-4-5-3-1;1-4-2-6-3-5-1;1-2-5-3-4-1;1-2-4-5-3-1;1-2-5-3-4-1;1-2-4-5-3-1;1-2-5-3-4-1;3*1-2-4-5-3-1/h1-6H;1-6,9H;1-6H;1-5H,(H,8,9);1-4H;1-5H;4*1-4H;1-5H;2*1-4H;1-3H;2*1-3H,(H,4,5);4*1-3H;1-2H,(H,3,4,5);1H,(H,2,3,4,5). The van der Waals surface area contributed by atoms with E-state index in [1.54, 1.807) is 261 Å². The van der Waals surface area contributed by atoms with Crippen LogP contribution in [0, 0.1) is 0 Å². The van der Waals surface area contributed by atoms with Crippen LogP contribution in [0.2, 0.25) is 0 Å². The minimum Gasteiger partial charge on any atom is -0.473 e. The second kappa shape index (κ2) is 82.6. The molecular formula is C94H91N33O3S6. The molecule has 686 valence electrons. The van der Waals surface area contributed by atoms with Crippen LogP contribution >= 0.6 is 68.2 Å². The highest BCUT2D eigenvalue weighted by atomic mass is 32.1. The van der Waals surface area contributed by atoms with Crippen LogP contribution in [0.25, 0.3) is 52.5 Å². The zero-order chi connectivity index (χ0) is 94.9. The van der Waals surface area contributed by atoms with Crippen molar-refractivity contribution in [3.63, 3.8) is 0 Å². The molecular weight excluding hydrogens is 1830 g/mol. The Balaban J connectivity index is 0.000000220. The highest BCUT2D eigenvalue weighted by Gasteiger charge is 1.93. The van der Waals surface area contributed by atoms with Crippen LogP contribution in [0.1, 0.15) is 0 Å². The molecule has 4 aromatic carbocycles. The third-order valence-corrected chi connectivity index (χ3v) is 18.1. The van der Waals surface area contributed by atoms with E-state index in [1.165, 1.54) is 92.5 Å². The van der Waals surface area contributed by atoms with Gasteiger partial charge in [-0.3, -0.25) is 45.0 Å². The second-order valence-electron chi connectivity index (χ2n) is 22.9. The predicted octanol–water partition coefficient (Wildman–Crippen LogP) is 21.6. The fraction of sp³-hybridized carbons (Fsp3) is 0. The first kappa shape index (κ1) is 107. The number of oxazole rings is 1. The van der Waals surface area contributed by atoms with Crippen molar-refractivity contribution < 1.29 is 13.4 Å². The molecule has 0 radical (unpaired) electrons. The van der Waals surface area contributed by atoms with Gasteiger partial charge in [0.1, 0.15) is 37.8 Å². The van der Waals surface area contributed by atoms with E-state index in [4.69, 9.17) is 0 Å². The van der Waals surface area contributed by atoms with E-state index >= 15 is 0 Å². The monoisotopic (exact) mass is 1920 g/mol. The van der Waals surface area contributed by atoms with Crippen LogP contribution in [0.3, 0.4) is 0 Å². The number of tetrazole rings is 1. The number of rotatable bonds is 0. The fourth-order valence-corrected chi connectivity index (χ4v) is 11.8. The number of aromatic nitrogens is 33. The number of thiophene rings is 4. The summed E-state index contributed by atoms with van der Waals surface area (Å²) >= 11 is 10.2. The quantitative estimate of drug-likeness (QED) is 0.0741. The van der Waals surface area contributed by atoms with Gasteiger partial charge in [0.15, 0.2) is 12.7 Å². The lowest BCUT2D eigenvalue weighted by Crippen LogP contribution is -1.78. The van der Waals surface area contributed by atoms with E-state index in [0.717, 1.165) is 22.1 Å². The molecule has 0 spiro atoms. The van der Waals surface area contributed by atoms with Gasteiger partial charge in [-0.15, -0.1) is 55.5 Å². The maximum Gasteiger partial charge on any atom is 0.180 e. The van der Waals surface area contributed by atoms with Crippen molar-refractivity contribution in [1.29, 1.82) is 0 Å². The van der Waals surface area contributed by atoms with Gasteiger partial charge >= 0.3 is 0 Å². The van der Waals surface area contributed by atoms with Gasteiger partial charge in [0.05, 0.1) is 77.5 Å². The number of nitrogens with zero attached hydrogens (tertiary/aromatic N) is 26. The average Bonchev–Trinajstić information content (AvgIpc) is 1.82. The molecule has 0 saturated heterocycles. The van der Waals surface area contributed by atoms with Crippen molar-refractivity contribution in [2.75, 3.05) is 0 Å². The summed E-state index contributed by atoms with van der Waals surface area (Å²) in [6, 6.07) is 69.1.